The molecule has 0 atom stereocenters. The second-order valence-corrected chi connectivity index (χ2v) is 4.53. The van der Waals surface area contributed by atoms with Crippen molar-refractivity contribution in [3.63, 3.8) is 0 Å². The number of hydrogen-bond acceptors (Lipinski definition) is 4. The van der Waals surface area contributed by atoms with E-state index < -0.39 is 17.8 Å². The number of alkyl halides is 1. The summed E-state index contributed by atoms with van der Waals surface area (Å²) >= 11 is 3.14. The summed E-state index contributed by atoms with van der Waals surface area (Å²) in [5, 5.41) is 17.9. The van der Waals surface area contributed by atoms with Gasteiger partial charge in [-0.05, 0) is 34.5 Å². The molecule has 0 spiro atoms. The maximum Gasteiger partial charge on any atom is 0.492 e. The highest BCUT2D eigenvalue weighted by Gasteiger charge is 2.28. The van der Waals surface area contributed by atoms with Gasteiger partial charge in [0, 0.05) is 27.6 Å². The van der Waals surface area contributed by atoms with Crippen LogP contribution in [0.1, 0.15) is 5.56 Å². The third kappa shape index (κ3) is 2.43. The Hall–Kier alpha value is -1.31. The predicted molar refractivity (Wildman–Crippen MR) is 63.0 cm³/mol. The lowest BCUT2D eigenvalue weighted by Crippen LogP contribution is -2.29. The monoisotopic (exact) mass is 319 g/mol. The minimum atomic E-state index is -3.95. The number of aliphatic hydroxyl groups is 2. The molecule has 96 valence electrons. The number of pyridine rings is 1. The maximum atomic E-state index is 13.7. The van der Waals surface area contributed by atoms with Crippen LogP contribution < -0.4 is 4.74 Å². The van der Waals surface area contributed by atoms with Gasteiger partial charge in [0.2, 0.25) is 0 Å². The first-order valence-corrected chi connectivity index (χ1v) is 5.64. The van der Waals surface area contributed by atoms with Gasteiger partial charge in [0.05, 0.1) is 0 Å². The molecule has 7 heteroatoms. The lowest BCUT2D eigenvalue weighted by molar-refractivity contribution is -0.375. The third-order valence-electron chi connectivity index (χ3n) is 2.32. The first-order chi connectivity index (χ1) is 8.29. The quantitative estimate of drug-likeness (QED) is 0.834. The smallest absolute Gasteiger partial charge is 0.409 e. The highest BCUT2D eigenvalue weighted by molar-refractivity contribution is 9.10. The van der Waals surface area contributed by atoms with Crippen LogP contribution in [0.2, 0.25) is 0 Å². The van der Waals surface area contributed by atoms with E-state index >= 15 is 0 Å². The fourth-order valence-electron chi connectivity index (χ4n) is 1.65. The Kier molecular flexibility index (Phi) is 3.22. The predicted octanol–water partition coefficient (Wildman–Crippen LogP) is 2.39. The summed E-state index contributed by atoms with van der Waals surface area (Å²) in [5.74, 6) is -1.51. The third-order valence-corrected chi connectivity index (χ3v) is 2.98. The number of aromatic nitrogens is 1. The minimum absolute atomic E-state index is 0.210. The Morgan fingerprint density at radius 2 is 2.06 bits per heavy atom. The number of hydrogen-bond donors (Lipinski definition) is 2. The molecule has 2 aromatic rings. The van der Waals surface area contributed by atoms with E-state index in [0.29, 0.717) is 15.4 Å². The molecule has 1 aromatic carbocycles. The summed E-state index contributed by atoms with van der Waals surface area (Å²) in [4.78, 5) is 3.91. The topological polar surface area (TPSA) is 62.6 Å². The number of ether oxygens (including phenoxy) is 1. The molecule has 1 aromatic heterocycles. The Balaban J connectivity index is 2.79. The summed E-state index contributed by atoms with van der Waals surface area (Å²) in [6.07, 6.45) is -1.10. The summed E-state index contributed by atoms with van der Waals surface area (Å²) < 4.78 is 31.0. The van der Waals surface area contributed by atoms with Gasteiger partial charge in [-0.1, -0.05) is 0 Å². The fourth-order valence-corrected chi connectivity index (χ4v) is 2.15. The summed E-state index contributed by atoms with van der Waals surface area (Å²) in [7, 11) is 0. The molecule has 0 unspecified atom stereocenters. The van der Waals surface area contributed by atoms with Crippen LogP contribution in [-0.4, -0.2) is 21.4 Å². The minimum Gasteiger partial charge on any atom is -0.409 e. The van der Waals surface area contributed by atoms with Crippen molar-refractivity contribution in [2.24, 2.45) is 0 Å². The van der Waals surface area contributed by atoms with E-state index in [0.717, 1.165) is 6.07 Å². The first-order valence-electron chi connectivity index (χ1n) is 4.84. The van der Waals surface area contributed by atoms with Crippen LogP contribution in [0.25, 0.3) is 10.8 Å². The van der Waals surface area contributed by atoms with Gasteiger partial charge in [-0.3, -0.25) is 4.98 Å². The number of benzene rings is 1. The zero-order valence-electron chi connectivity index (χ0n) is 9.12. The average molecular weight is 320 g/mol. The van der Waals surface area contributed by atoms with Crippen LogP contribution in [0.15, 0.2) is 22.9 Å². The first kappa shape index (κ1) is 13.1. The van der Waals surface area contributed by atoms with Crippen molar-refractivity contribution in [3.8, 4) is 5.75 Å². The zero-order chi connectivity index (χ0) is 13.5. The van der Waals surface area contributed by atoms with Crippen LogP contribution in [0.5, 0.6) is 5.75 Å². The molecule has 1 heterocycles. The molecule has 0 aliphatic rings. The van der Waals surface area contributed by atoms with E-state index in [4.69, 9.17) is 10.2 Å². The van der Waals surface area contributed by atoms with Crippen molar-refractivity contribution in [2.75, 3.05) is 0 Å². The molecule has 0 bridgehead atoms. The van der Waals surface area contributed by atoms with E-state index in [1.165, 1.54) is 12.4 Å². The molecule has 0 aliphatic heterocycles. The lowest BCUT2D eigenvalue weighted by Gasteiger charge is -2.17. The molecule has 2 N–H and O–H groups in total. The molecule has 0 radical (unpaired) electrons. The van der Waals surface area contributed by atoms with Crippen LogP contribution in [-0.2, 0) is 0 Å². The van der Waals surface area contributed by atoms with Crippen molar-refractivity contribution in [1.82, 2.24) is 4.98 Å². The van der Waals surface area contributed by atoms with Crippen molar-refractivity contribution in [2.45, 2.75) is 13.2 Å². The highest BCUT2D eigenvalue weighted by atomic mass is 79.9. The maximum absolute atomic E-state index is 13.7. The molecular formula is C11H8BrF2NO3. The Morgan fingerprint density at radius 3 is 2.67 bits per heavy atom. The van der Waals surface area contributed by atoms with Crippen molar-refractivity contribution in [1.29, 1.82) is 0 Å². The molecule has 0 amide bonds. The van der Waals surface area contributed by atoms with Crippen LogP contribution in [0.4, 0.5) is 8.78 Å². The van der Waals surface area contributed by atoms with Gasteiger partial charge >= 0.3 is 6.23 Å². The second-order valence-electron chi connectivity index (χ2n) is 3.68. The van der Waals surface area contributed by atoms with Gasteiger partial charge in [0.1, 0.15) is 0 Å². The molecule has 4 nitrogen and oxygen atoms in total. The highest BCUT2D eigenvalue weighted by Crippen LogP contribution is 2.37. The van der Waals surface area contributed by atoms with E-state index in [-0.39, 0.29) is 5.39 Å². The SMILES string of the molecule is Cc1cncc2c(Br)cc(F)c(OC(O)(O)F)c12. The molecule has 0 saturated heterocycles. The second kappa shape index (κ2) is 4.42. The summed E-state index contributed by atoms with van der Waals surface area (Å²) in [6.45, 7) is 1.61. The normalized spacial score (nSPS) is 11.9. The molecule has 2 rings (SSSR count). The Bertz CT molecular complexity index is 613. The van der Waals surface area contributed by atoms with Crippen molar-refractivity contribution >= 4 is 26.7 Å². The lowest BCUT2D eigenvalue weighted by atomic mass is 10.1. The summed E-state index contributed by atoms with van der Waals surface area (Å²) in [5.41, 5.74) is 0.506. The van der Waals surface area contributed by atoms with E-state index in [1.807, 2.05) is 0 Å². The van der Waals surface area contributed by atoms with Crippen molar-refractivity contribution in [3.05, 3.63) is 34.3 Å². The molecular weight excluding hydrogens is 312 g/mol. The molecule has 18 heavy (non-hydrogen) atoms. The molecule has 0 aliphatic carbocycles. The standard InChI is InChI=1S/C11H8BrF2NO3/c1-5-3-15-4-6-7(12)2-8(13)10(9(5)6)18-11(14,16)17/h2-4,16-17H,1H3. The molecule has 0 fully saturated rings. The van der Waals surface area contributed by atoms with E-state index in [2.05, 4.69) is 25.7 Å². The average Bonchev–Trinajstić information content (AvgIpc) is 2.23. The number of fused-ring (bicyclic) bond motifs is 1. The van der Waals surface area contributed by atoms with Gasteiger partial charge in [-0.2, -0.15) is 0 Å². The number of rotatable bonds is 2. The largest absolute Gasteiger partial charge is 0.492 e. The van der Waals surface area contributed by atoms with E-state index in [1.54, 1.807) is 6.92 Å². The van der Waals surface area contributed by atoms with Gasteiger partial charge in [0.15, 0.2) is 11.6 Å². The molecule has 0 saturated carbocycles. The number of nitrogens with zero attached hydrogens (tertiary/aromatic N) is 1. The van der Waals surface area contributed by atoms with Gasteiger partial charge < -0.3 is 14.9 Å². The number of halogens is 3. The van der Waals surface area contributed by atoms with Gasteiger partial charge in [-0.25, -0.2) is 4.39 Å². The van der Waals surface area contributed by atoms with Crippen LogP contribution in [0.3, 0.4) is 0 Å². The van der Waals surface area contributed by atoms with Crippen molar-refractivity contribution < 1.29 is 23.7 Å². The zero-order valence-corrected chi connectivity index (χ0v) is 10.7. The Labute approximate surface area is 109 Å². The van der Waals surface area contributed by atoms with E-state index in [9.17, 15) is 8.78 Å². The number of aryl methyl sites for hydroxylation is 1. The van der Waals surface area contributed by atoms with Gasteiger partial charge in [-0.15, -0.1) is 4.39 Å². The van der Waals surface area contributed by atoms with Crippen LogP contribution >= 0.6 is 15.9 Å². The fraction of sp³-hybridized carbons (Fsp3) is 0.182. The van der Waals surface area contributed by atoms with Gasteiger partial charge in [0.25, 0.3) is 0 Å². The van der Waals surface area contributed by atoms with Crippen LogP contribution in [0, 0.1) is 12.7 Å². The summed E-state index contributed by atoms with van der Waals surface area (Å²) in [6, 6.07) is 1.03. The Morgan fingerprint density at radius 1 is 1.39 bits per heavy atom.